The zero-order valence-electron chi connectivity index (χ0n) is 18.7. The molecule has 4 nitrogen and oxygen atoms in total. The van der Waals surface area contributed by atoms with Gasteiger partial charge in [-0.2, -0.15) is 0 Å². The van der Waals surface area contributed by atoms with Crippen molar-refractivity contribution in [3.05, 3.63) is 35.4 Å². The molecule has 0 aliphatic carbocycles. The Balaban J connectivity index is 0.000000469. The number of likely N-dealkylation sites (tertiary alicyclic amines) is 1. The first-order chi connectivity index (χ1) is 12.8. The second kappa shape index (κ2) is 13.6. The van der Waals surface area contributed by atoms with Crippen molar-refractivity contribution in [2.45, 2.75) is 98.8 Å². The summed E-state index contributed by atoms with van der Waals surface area (Å²) in [6.45, 7) is 15.5. The number of ether oxygens (including phenoxy) is 1. The molecule has 0 spiro atoms. The highest BCUT2D eigenvalue weighted by molar-refractivity contribution is 5.68. The number of carbonyl (C=O) groups excluding carboxylic acids is 1. The predicted molar refractivity (Wildman–Crippen MR) is 116 cm³/mol. The fraction of sp³-hybridized carbons (Fsp3) is 0.696. The fourth-order valence-corrected chi connectivity index (χ4v) is 2.95. The summed E-state index contributed by atoms with van der Waals surface area (Å²) >= 11 is 0. The first-order valence-electron chi connectivity index (χ1n) is 10.6. The van der Waals surface area contributed by atoms with E-state index in [1.807, 2.05) is 39.5 Å². The molecule has 156 valence electrons. The standard InChI is InChI=1S/C11H21NO2.C10H15N.C2H6/c1-5-9-7-6-8-12(9)10(13)14-11(2,3)4;1-2-3-9-4-6-10(8-11)7-5-9;1-2/h9H,5-8H2,1-4H3;4-7H,2-3,8,11H2,1H3;1-2H3/t9-;;/m1../s1. The Morgan fingerprint density at radius 1 is 1.15 bits per heavy atom. The van der Waals surface area contributed by atoms with Crippen LogP contribution < -0.4 is 5.73 Å². The molecule has 1 amide bonds. The molecule has 0 unspecified atom stereocenters. The lowest BCUT2D eigenvalue weighted by Crippen LogP contribution is -2.39. The molecular formula is C23H42N2O2. The topological polar surface area (TPSA) is 55.6 Å². The van der Waals surface area contributed by atoms with Crippen molar-refractivity contribution in [1.29, 1.82) is 0 Å². The van der Waals surface area contributed by atoms with Gasteiger partial charge in [0.15, 0.2) is 0 Å². The number of benzene rings is 1. The van der Waals surface area contributed by atoms with E-state index in [0.29, 0.717) is 12.6 Å². The van der Waals surface area contributed by atoms with Crippen LogP contribution >= 0.6 is 0 Å². The minimum Gasteiger partial charge on any atom is -0.444 e. The molecule has 27 heavy (non-hydrogen) atoms. The maximum atomic E-state index is 11.7. The normalized spacial score (nSPS) is 16.0. The third-order valence-electron chi connectivity index (χ3n) is 4.27. The number of amides is 1. The van der Waals surface area contributed by atoms with Crippen LogP contribution in [0.25, 0.3) is 0 Å². The first kappa shape index (κ1) is 25.4. The molecule has 1 aliphatic heterocycles. The second-order valence-corrected chi connectivity index (χ2v) is 7.65. The van der Waals surface area contributed by atoms with Crippen LogP contribution in [0.5, 0.6) is 0 Å². The molecule has 2 N–H and O–H groups in total. The maximum Gasteiger partial charge on any atom is 0.410 e. The molecule has 1 saturated heterocycles. The molecule has 2 rings (SSSR count). The van der Waals surface area contributed by atoms with Gasteiger partial charge in [0.1, 0.15) is 5.60 Å². The van der Waals surface area contributed by atoms with Gasteiger partial charge in [0, 0.05) is 19.1 Å². The van der Waals surface area contributed by atoms with Crippen LogP contribution in [0.1, 0.15) is 85.3 Å². The van der Waals surface area contributed by atoms with Crippen LogP contribution in [0.2, 0.25) is 0 Å². The van der Waals surface area contributed by atoms with Crippen LogP contribution in [-0.4, -0.2) is 29.2 Å². The van der Waals surface area contributed by atoms with Gasteiger partial charge in [-0.3, -0.25) is 0 Å². The zero-order valence-corrected chi connectivity index (χ0v) is 18.7. The van der Waals surface area contributed by atoms with Crippen LogP contribution in [0, 0.1) is 0 Å². The van der Waals surface area contributed by atoms with Crippen LogP contribution in [0.3, 0.4) is 0 Å². The number of nitrogens with two attached hydrogens (primary N) is 1. The first-order valence-corrected chi connectivity index (χ1v) is 10.6. The highest BCUT2D eigenvalue weighted by atomic mass is 16.6. The molecule has 1 aromatic rings. The SMILES string of the molecule is CC.CCCc1ccc(CN)cc1.CC[C@@H]1CCCN1C(=O)OC(C)(C)C. The maximum absolute atomic E-state index is 11.7. The van der Waals surface area contributed by atoms with Gasteiger partial charge in [-0.15, -0.1) is 0 Å². The smallest absolute Gasteiger partial charge is 0.410 e. The van der Waals surface area contributed by atoms with E-state index in [2.05, 4.69) is 38.1 Å². The third-order valence-corrected chi connectivity index (χ3v) is 4.27. The van der Waals surface area contributed by atoms with Crippen molar-refractivity contribution >= 4 is 6.09 Å². The van der Waals surface area contributed by atoms with Crippen molar-refractivity contribution < 1.29 is 9.53 Å². The Labute approximate surface area is 167 Å². The zero-order chi connectivity index (χ0) is 20.9. The van der Waals surface area contributed by atoms with Crippen LogP contribution in [0.15, 0.2) is 24.3 Å². The summed E-state index contributed by atoms with van der Waals surface area (Å²) in [4.78, 5) is 13.6. The molecule has 1 fully saturated rings. The second-order valence-electron chi connectivity index (χ2n) is 7.65. The Morgan fingerprint density at radius 3 is 2.15 bits per heavy atom. The van der Waals surface area contributed by atoms with Gasteiger partial charge in [-0.1, -0.05) is 58.4 Å². The highest BCUT2D eigenvalue weighted by Crippen LogP contribution is 2.22. The minimum absolute atomic E-state index is 0.151. The molecule has 1 aliphatic rings. The molecule has 0 saturated carbocycles. The Kier molecular flexibility index (Phi) is 12.8. The molecule has 0 aromatic heterocycles. The van der Waals surface area contributed by atoms with Gasteiger partial charge in [-0.05, 0) is 57.6 Å². The van der Waals surface area contributed by atoms with Gasteiger partial charge in [-0.25, -0.2) is 4.79 Å². The molecule has 0 radical (unpaired) electrons. The molecule has 1 heterocycles. The summed E-state index contributed by atoms with van der Waals surface area (Å²) in [5.41, 5.74) is 7.72. The number of hydrogen-bond donors (Lipinski definition) is 1. The minimum atomic E-state index is -0.377. The molecule has 4 heteroatoms. The predicted octanol–water partition coefficient (Wildman–Crippen LogP) is 5.92. The Morgan fingerprint density at radius 2 is 1.70 bits per heavy atom. The van der Waals surface area contributed by atoms with E-state index in [-0.39, 0.29) is 11.7 Å². The van der Waals surface area contributed by atoms with Gasteiger partial charge in [0.05, 0.1) is 0 Å². The number of nitrogens with zero attached hydrogens (tertiary/aromatic N) is 1. The summed E-state index contributed by atoms with van der Waals surface area (Å²) in [5.74, 6) is 0. The highest BCUT2D eigenvalue weighted by Gasteiger charge is 2.30. The molecular weight excluding hydrogens is 336 g/mol. The van der Waals surface area contributed by atoms with Gasteiger partial charge >= 0.3 is 6.09 Å². The van der Waals surface area contributed by atoms with Crippen molar-refractivity contribution in [3.63, 3.8) is 0 Å². The van der Waals surface area contributed by atoms with Gasteiger partial charge in [0.25, 0.3) is 0 Å². The monoisotopic (exact) mass is 378 g/mol. The molecule has 1 atom stereocenters. The Bertz CT molecular complexity index is 506. The van der Waals surface area contributed by atoms with Crippen molar-refractivity contribution in [2.75, 3.05) is 6.54 Å². The van der Waals surface area contributed by atoms with Crippen LogP contribution in [0.4, 0.5) is 4.79 Å². The fourth-order valence-electron chi connectivity index (χ4n) is 2.95. The quantitative estimate of drug-likeness (QED) is 0.707. The number of aryl methyl sites for hydroxylation is 1. The summed E-state index contributed by atoms with van der Waals surface area (Å²) in [7, 11) is 0. The van der Waals surface area contributed by atoms with Gasteiger partial charge < -0.3 is 15.4 Å². The molecule has 0 bridgehead atoms. The van der Waals surface area contributed by atoms with E-state index in [9.17, 15) is 4.79 Å². The summed E-state index contributed by atoms with van der Waals surface area (Å²) in [6.07, 6.45) is 5.49. The summed E-state index contributed by atoms with van der Waals surface area (Å²) in [6, 6.07) is 8.91. The lowest BCUT2D eigenvalue weighted by Gasteiger charge is -2.28. The van der Waals surface area contributed by atoms with Crippen molar-refractivity contribution in [2.24, 2.45) is 5.73 Å². The van der Waals surface area contributed by atoms with E-state index < -0.39 is 0 Å². The van der Waals surface area contributed by atoms with E-state index in [1.54, 1.807) is 0 Å². The van der Waals surface area contributed by atoms with E-state index in [4.69, 9.17) is 10.5 Å². The average molecular weight is 379 g/mol. The third kappa shape index (κ3) is 10.4. The van der Waals surface area contributed by atoms with Gasteiger partial charge in [0.2, 0.25) is 0 Å². The largest absolute Gasteiger partial charge is 0.444 e. The number of carbonyl (C=O) groups is 1. The van der Waals surface area contributed by atoms with E-state index >= 15 is 0 Å². The lowest BCUT2D eigenvalue weighted by molar-refractivity contribution is 0.0224. The summed E-state index contributed by atoms with van der Waals surface area (Å²) < 4.78 is 5.34. The van der Waals surface area contributed by atoms with E-state index in [0.717, 1.165) is 25.8 Å². The van der Waals surface area contributed by atoms with Crippen molar-refractivity contribution in [3.8, 4) is 0 Å². The number of rotatable bonds is 4. The average Bonchev–Trinajstić information content (AvgIpc) is 3.12. The number of hydrogen-bond acceptors (Lipinski definition) is 3. The van der Waals surface area contributed by atoms with E-state index in [1.165, 1.54) is 24.0 Å². The lowest BCUT2D eigenvalue weighted by atomic mass is 10.1. The Hall–Kier alpha value is -1.55. The van der Waals surface area contributed by atoms with Crippen molar-refractivity contribution in [1.82, 2.24) is 4.90 Å². The summed E-state index contributed by atoms with van der Waals surface area (Å²) in [5, 5.41) is 0. The van der Waals surface area contributed by atoms with Crippen LogP contribution in [-0.2, 0) is 17.7 Å². The molecule has 1 aromatic carbocycles.